The van der Waals surface area contributed by atoms with Crippen molar-refractivity contribution in [3.05, 3.63) is 0 Å². The average molecular weight is 308 g/mol. The van der Waals surface area contributed by atoms with Crippen molar-refractivity contribution in [3.8, 4) is 0 Å². The van der Waals surface area contributed by atoms with Gasteiger partial charge in [0.1, 0.15) is 0 Å². The van der Waals surface area contributed by atoms with Crippen LogP contribution in [0.5, 0.6) is 0 Å². The van der Waals surface area contributed by atoms with Crippen molar-refractivity contribution >= 4 is 7.28 Å². The minimum atomic E-state index is -4.33. The van der Waals surface area contributed by atoms with Gasteiger partial charge in [-0.15, -0.1) is 0 Å². The summed E-state index contributed by atoms with van der Waals surface area (Å²) in [4.78, 5) is 30.1. The van der Waals surface area contributed by atoms with E-state index in [2.05, 4.69) is 27.7 Å². The van der Waals surface area contributed by atoms with Crippen LogP contribution in [0, 0.1) is 11.8 Å². The quantitative estimate of drug-likeness (QED) is 0.362. The summed E-state index contributed by atoms with van der Waals surface area (Å²) >= 11 is 0. The number of hydrogen-bond donors (Lipinski definition) is 3. The maximum absolute atomic E-state index is 10.0. The standard InChI is InChI=1S/C16H37O3P/c1-15(2)11-7-5-9-13-20(17,18,19)14-10-6-8-12-16(3)4/h15-19H,5-14H2,1-4H3. The molecule has 0 rings (SSSR count). The van der Waals surface area contributed by atoms with E-state index in [0.717, 1.165) is 38.5 Å². The van der Waals surface area contributed by atoms with Crippen LogP contribution in [0.1, 0.15) is 79.1 Å². The normalized spacial score (nSPS) is 14.8. The first-order valence-electron chi connectivity index (χ1n) is 8.36. The average Bonchev–Trinajstić information content (AvgIpc) is 2.26. The van der Waals surface area contributed by atoms with Crippen LogP contribution in [0.4, 0.5) is 0 Å². The van der Waals surface area contributed by atoms with E-state index in [-0.39, 0.29) is 12.3 Å². The van der Waals surface area contributed by atoms with Crippen LogP contribution < -0.4 is 0 Å². The Morgan fingerprint density at radius 1 is 0.600 bits per heavy atom. The van der Waals surface area contributed by atoms with Gasteiger partial charge in [-0.05, 0) is 0 Å². The predicted octanol–water partition coefficient (Wildman–Crippen LogP) is 4.69. The van der Waals surface area contributed by atoms with E-state index in [1.165, 1.54) is 12.8 Å². The zero-order valence-corrected chi connectivity index (χ0v) is 14.9. The van der Waals surface area contributed by atoms with Gasteiger partial charge in [-0.1, -0.05) is 0 Å². The van der Waals surface area contributed by atoms with Crippen molar-refractivity contribution in [3.63, 3.8) is 0 Å². The van der Waals surface area contributed by atoms with Gasteiger partial charge >= 0.3 is 125 Å². The van der Waals surface area contributed by atoms with Gasteiger partial charge in [-0.2, -0.15) is 0 Å². The van der Waals surface area contributed by atoms with Crippen molar-refractivity contribution in [2.45, 2.75) is 79.1 Å². The molecule has 0 heterocycles. The van der Waals surface area contributed by atoms with E-state index in [1.807, 2.05) is 0 Å². The fraction of sp³-hybridized carbons (Fsp3) is 1.00. The second kappa shape index (κ2) is 9.35. The molecule has 0 saturated carbocycles. The van der Waals surface area contributed by atoms with Crippen molar-refractivity contribution in [1.29, 1.82) is 0 Å². The molecule has 3 N–H and O–H groups in total. The molecule has 0 bridgehead atoms. The summed E-state index contributed by atoms with van der Waals surface area (Å²) in [6.45, 7) is 8.78. The molecule has 0 aliphatic rings. The molecule has 20 heavy (non-hydrogen) atoms. The molecule has 0 atom stereocenters. The molecule has 0 spiro atoms. The third-order valence-electron chi connectivity index (χ3n) is 3.80. The second-order valence-electron chi connectivity index (χ2n) is 7.27. The Morgan fingerprint density at radius 2 is 0.950 bits per heavy atom. The summed E-state index contributed by atoms with van der Waals surface area (Å²) < 4.78 is 0. The van der Waals surface area contributed by atoms with Crippen molar-refractivity contribution in [2.24, 2.45) is 11.8 Å². The Kier molecular flexibility index (Phi) is 9.50. The van der Waals surface area contributed by atoms with Gasteiger partial charge in [0.25, 0.3) is 0 Å². The third-order valence-corrected chi connectivity index (χ3v) is 6.26. The molecule has 0 aliphatic heterocycles. The van der Waals surface area contributed by atoms with Crippen LogP contribution in [0.2, 0.25) is 0 Å². The van der Waals surface area contributed by atoms with Gasteiger partial charge in [-0.25, -0.2) is 0 Å². The van der Waals surface area contributed by atoms with Gasteiger partial charge in [0, 0.05) is 0 Å². The Hall–Kier alpha value is 0.310. The van der Waals surface area contributed by atoms with E-state index in [0.29, 0.717) is 11.8 Å². The van der Waals surface area contributed by atoms with Crippen LogP contribution in [0.25, 0.3) is 0 Å². The SMILES string of the molecule is CC(C)CCCCCP(O)(O)(O)CCCCCC(C)C. The summed E-state index contributed by atoms with van der Waals surface area (Å²) in [6.07, 6.45) is 8.34. The molecule has 0 fully saturated rings. The van der Waals surface area contributed by atoms with Crippen LogP contribution in [-0.4, -0.2) is 27.0 Å². The molecule has 0 aromatic carbocycles. The zero-order chi connectivity index (χ0) is 15.7. The Balaban J connectivity index is 3.75. The predicted molar refractivity (Wildman–Crippen MR) is 89.9 cm³/mol. The monoisotopic (exact) mass is 308 g/mol. The summed E-state index contributed by atoms with van der Waals surface area (Å²) in [6, 6.07) is 0. The molecule has 3 nitrogen and oxygen atoms in total. The summed E-state index contributed by atoms with van der Waals surface area (Å²) in [5.74, 6) is 1.40. The first-order valence-corrected chi connectivity index (χ1v) is 10.8. The topological polar surface area (TPSA) is 60.7 Å². The third kappa shape index (κ3) is 13.3. The fourth-order valence-electron chi connectivity index (χ4n) is 2.44. The van der Waals surface area contributed by atoms with E-state index < -0.39 is 7.28 Å². The van der Waals surface area contributed by atoms with Crippen molar-refractivity contribution in [1.82, 2.24) is 0 Å². The molecule has 0 radical (unpaired) electrons. The van der Waals surface area contributed by atoms with Gasteiger partial charge in [0.15, 0.2) is 0 Å². The van der Waals surface area contributed by atoms with E-state index in [9.17, 15) is 14.7 Å². The van der Waals surface area contributed by atoms with E-state index >= 15 is 0 Å². The van der Waals surface area contributed by atoms with Crippen LogP contribution >= 0.6 is 7.28 Å². The first kappa shape index (κ1) is 20.3. The van der Waals surface area contributed by atoms with Crippen molar-refractivity contribution < 1.29 is 14.7 Å². The first-order chi connectivity index (χ1) is 9.10. The maximum atomic E-state index is 10.0. The van der Waals surface area contributed by atoms with Crippen molar-refractivity contribution in [2.75, 3.05) is 12.3 Å². The molecular formula is C16H37O3P. The van der Waals surface area contributed by atoms with Crippen LogP contribution in [0.3, 0.4) is 0 Å². The molecule has 124 valence electrons. The Bertz CT molecular complexity index is 222. The number of unbranched alkanes of at least 4 members (excludes halogenated alkanes) is 4. The molecular weight excluding hydrogens is 271 g/mol. The second-order valence-corrected chi connectivity index (χ2v) is 10.8. The van der Waals surface area contributed by atoms with Gasteiger partial charge in [0.2, 0.25) is 0 Å². The Morgan fingerprint density at radius 3 is 1.25 bits per heavy atom. The molecule has 0 aromatic rings. The Labute approximate surface area is 126 Å². The fourth-order valence-corrected chi connectivity index (χ4v) is 4.41. The molecule has 0 amide bonds. The molecule has 0 unspecified atom stereocenters. The van der Waals surface area contributed by atoms with Crippen LogP contribution in [-0.2, 0) is 0 Å². The van der Waals surface area contributed by atoms with Gasteiger partial charge in [0.05, 0.1) is 0 Å². The summed E-state index contributed by atoms with van der Waals surface area (Å²) in [7, 11) is -4.33. The zero-order valence-electron chi connectivity index (χ0n) is 14.0. The van der Waals surface area contributed by atoms with Crippen LogP contribution in [0.15, 0.2) is 0 Å². The van der Waals surface area contributed by atoms with Gasteiger partial charge < -0.3 is 0 Å². The minimum absolute atomic E-state index is 0.188. The summed E-state index contributed by atoms with van der Waals surface area (Å²) in [5.41, 5.74) is 0. The molecule has 0 aliphatic carbocycles. The molecule has 0 aromatic heterocycles. The molecule has 0 saturated heterocycles. The number of rotatable bonds is 12. The van der Waals surface area contributed by atoms with E-state index in [4.69, 9.17) is 0 Å². The van der Waals surface area contributed by atoms with E-state index in [1.54, 1.807) is 0 Å². The van der Waals surface area contributed by atoms with Gasteiger partial charge in [-0.3, -0.25) is 0 Å². The summed E-state index contributed by atoms with van der Waals surface area (Å²) in [5, 5.41) is 0. The molecule has 4 heteroatoms. The number of hydrogen-bond acceptors (Lipinski definition) is 3.